The Hall–Kier alpha value is -3.34. The van der Waals surface area contributed by atoms with E-state index in [1.807, 2.05) is 18.2 Å². The van der Waals surface area contributed by atoms with Crippen LogP contribution in [0.1, 0.15) is 35.6 Å². The van der Waals surface area contributed by atoms with Crippen LogP contribution < -0.4 is 15.4 Å². The van der Waals surface area contributed by atoms with Crippen molar-refractivity contribution in [2.24, 2.45) is 0 Å². The molecule has 210 valence electrons. The third-order valence-corrected chi connectivity index (χ3v) is 6.78. The number of anilines is 1. The summed E-state index contributed by atoms with van der Waals surface area (Å²) in [7, 11) is -3.38. The number of halogens is 2. The fraction of sp³-hybridized carbons (Fsp3) is 0.345. The van der Waals surface area contributed by atoms with Gasteiger partial charge in [0.2, 0.25) is 15.9 Å². The number of aliphatic hydroxyl groups excluding tert-OH is 1. The average Bonchev–Trinajstić information content (AvgIpc) is 2.86. The van der Waals surface area contributed by atoms with Gasteiger partial charge in [-0.15, -0.1) is 0 Å². The minimum Gasteiger partial charge on any atom is -0.390 e. The lowest BCUT2D eigenvalue weighted by Crippen LogP contribution is -2.48. The number of rotatable bonds is 14. The molecule has 10 heteroatoms. The fourth-order valence-corrected chi connectivity index (χ4v) is 4.79. The Bertz CT molecular complexity index is 1330. The number of aryl methyl sites for hydroxylation is 2. The molecule has 39 heavy (non-hydrogen) atoms. The second-order valence-corrected chi connectivity index (χ2v) is 11.3. The lowest BCUT2D eigenvalue weighted by Gasteiger charge is -2.25. The average molecular weight is 560 g/mol. The molecule has 0 heterocycles. The van der Waals surface area contributed by atoms with E-state index >= 15 is 0 Å². The van der Waals surface area contributed by atoms with Crippen LogP contribution in [0.4, 0.5) is 14.5 Å². The third-order valence-electron chi connectivity index (χ3n) is 6.17. The fourth-order valence-electron chi connectivity index (χ4n) is 4.22. The number of carbonyl (C=O) groups excluding carboxylic acids is 1. The van der Waals surface area contributed by atoms with Gasteiger partial charge in [-0.25, -0.2) is 17.2 Å². The number of amides is 1. The molecule has 0 saturated carbocycles. The van der Waals surface area contributed by atoms with Gasteiger partial charge in [0.05, 0.1) is 18.4 Å². The molecule has 0 radical (unpaired) electrons. The van der Waals surface area contributed by atoms with Crippen LogP contribution in [0.15, 0.2) is 66.7 Å². The Morgan fingerprint density at radius 1 is 0.923 bits per heavy atom. The Labute approximate surface area is 228 Å². The van der Waals surface area contributed by atoms with Crippen molar-refractivity contribution in [2.45, 2.75) is 51.3 Å². The molecule has 0 aliphatic rings. The van der Waals surface area contributed by atoms with Crippen molar-refractivity contribution in [2.75, 3.05) is 17.5 Å². The number of nitrogens with one attached hydrogen (secondary N) is 3. The predicted octanol–water partition coefficient (Wildman–Crippen LogP) is 3.71. The molecule has 0 aromatic heterocycles. The van der Waals surface area contributed by atoms with E-state index in [4.69, 9.17) is 0 Å². The Morgan fingerprint density at radius 3 is 2.23 bits per heavy atom. The van der Waals surface area contributed by atoms with Crippen molar-refractivity contribution in [1.29, 1.82) is 0 Å². The summed E-state index contributed by atoms with van der Waals surface area (Å²) in [5.41, 5.74) is 3.83. The van der Waals surface area contributed by atoms with E-state index in [1.54, 1.807) is 24.3 Å². The van der Waals surface area contributed by atoms with Gasteiger partial charge in [-0.05, 0) is 65.8 Å². The van der Waals surface area contributed by atoms with E-state index in [0.29, 0.717) is 24.2 Å². The summed E-state index contributed by atoms with van der Waals surface area (Å²) in [6, 6.07) is 17.1. The van der Waals surface area contributed by atoms with Gasteiger partial charge in [0.25, 0.3) is 0 Å². The van der Waals surface area contributed by atoms with E-state index < -0.39 is 33.8 Å². The SMILES string of the molecule is CCc1cccc(CNC[C@H](O)[C@H](Cc2cc(F)cc(F)c2)NC(=O)CCc2ccc(NS(C)(=O)=O)cc2)c1. The van der Waals surface area contributed by atoms with Crippen molar-refractivity contribution in [3.63, 3.8) is 0 Å². The van der Waals surface area contributed by atoms with Gasteiger partial charge in [0, 0.05) is 31.3 Å². The zero-order chi connectivity index (χ0) is 28.4. The first-order valence-electron chi connectivity index (χ1n) is 12.8. The first-order valence-corrected chi connectivity index (χ1v) is 14.7. The van der Waals surface area contributed by atoms with Gasteiger partial charge >= 0.3 is 0 Å². The summed E-state index contributed by atoms with van der Waals surface area (Å²) in [6.45, 7) is 2.75. The Balaban J connectivity index is 1.61. The summed E-state index contributed by atoms with van der Waals surface area (Å²) in [4.78, 5) is 12.8. The van der Waals surface area contributed by atoms with Crippen molar-refractivity contribution < 1.29 is 27.1 Å². The van der Waals surface area contributed by atoms with Crippen LogP contribution in [0.2, 0.25) is 0 Å². The minimum absolute atomic E-state index is 0.0421. The van der Waals surface area contributed by atoms with Crippen LogP contribution in [-0.2, 0) is 40.6 Å². The third kappa shape index (κ3) is 10.7. The molecule has 4 N–H and O–H groups in total. The first kappa shape index (κ1) is 30.2. The van der Waals surface area contributed by atoms with E-state index in [-0.39, 0.29) is 25.3 Å². The highest BCUT2D eigenvalue weighted by Gasteiger charge is 2.22. The lowest BCUT2D eigenvalue weighted by atomic mass is 10.00. The maximum Gasteiger partial charge on any atom is 0.229 e. The standard InChI is InChI=1S/C29H35F2N3O4S/c1-3-20-5-4-6-22(13-20)18-32-19-28(35)27(16-23-14-24(30)17-25(31)15-23)33-29(36)12-9-21-7-10-26(11-8-21)34-39(2,37)38/h4-8,10-11,13-15,17,27-28,32,34-35H,3,9,12,16,18-19H2,1-2H3,(H,33,36)/t27-,28-/m0/s1. The largest absolute Gasteiger partial charge is 0.390 e. The molecule has 0 aliphatic heterocycles. The summed E-state index contributed by atoms with van der Waals surface area (Å²) in [6.07, 6.45) is 1.49. The molecule has 7 nitrogen and oxygen atoms in total. The maximum absolute atomic E-state index is 13.8. The van der Waals surface area contributed by atoms with Crippen LogP contribution in [0.25, 0.3) is 0 Å². The molecule has 0 fully saturated rings. The van der Waals surface area contributed by atoms with E-state index in [9.17, 15) is 27.1 Å². The van der Waals surface area contributed by atoms with Gasteiger partial charge < -0.3 is 15.7 Å². The van der Waals surface area contributed by atoms with E-state index in [2.05, 4.69) is 28.3 Å². The molecule has 1 amide bonds. The van der Waals surface area contributed by atoms with Gasteiger partial charge in [0.1, 0.15) is 11.6 Å². The molecule has 0 aliphatic carbocycles. The second kappa shape index (κ2) is 14.2. The highest BCUT2D eigenvalue weighted by Crippen LogP contribution is 2.14. The highest BCUT2D eigenvalue weighted by atomic mass is 32.2. The molecule has 3 aromatic carbocycles. The lowest BCUT2D eigenvalue weighted by molar-refractivity contribution is -0.122. The van der Waals surface area contributed by atoms with Gasteiger partial charge in [-0.1, -0.05) is 43.3 Å². The monoisotopic (exact) mass is 559 g/mol. The summed E-state index contributed by atoms with van der Waals surface area (Å²) in [5.74, 6) is -1.79. The second-order valence-electron chi connectivity index (χ2n) is 9.60. The van der Waals surface area contributed by atoms with Crippen molar-refractivity contribution >= 4 is 21.6 Å². The number of benzene rings is 3. The molecule has 0 unspecified atom stereocenters. The van der Waals surface area contributed by atoms with Gasteiger partial charge in [-0.3, -0.25) is 9.52 Å². The van der Waals surface area contributed by atoms with Gasteiger partial charge in [0.15, 0.2) is 0 Å². The van der Waals surface area contributed by atoms with E-state index in [0.717, 1.165) is 29.9 Å². The van der Waals surface area contributed by atoms with Crippen LogP contribution in [0, 0.1) is 11.6 Å². The highest BCUT2D eigenvalue weighted by molar-refractivity contribution is 7.92. The van der Waals surface area contributed by atoms with Crippen LogP contribution in [0.3, 0.4) is 0 Å². The summed E-state index contributed by atoms with van der Waals surface area (Å²) in [5, 5.41) is 16.9. The molecule has 0 spiro atoms. The number of carbonyl (C=O) groups is 1. The normalized spacial score (nSPS) is 13.1. The number of sulfonamides is 1. The molecule has 0 saturated heterocycles. The molecule has 0 bridgehead atoms. The summed E-state index contributed by atoms with van der Waals surface area (Å²) >= 11 is 0. The van der Waals surface area contributed by atoms with Crippen molar-refractivity contribution in [3.8, 4) is 0 Å². The maximum atomic E-state index is 13.8. The van der Waals surface area contributed by atoms with E-state index in [1.165, 1.54) is 17.7 Å². The molecular formula is C29H35F2N3O4S. The molecule has 3 aromatic rings. The van der Waals surface area contributed by atoms with Gasteiger partial charge in [-0.2, -0.15) is 0 Å². The number of hydrogen-bond donors (Lipinski definition) is 4. The van der Waals surface area contributed by atoms with Crippen LogP contribution in [0.5, 0.6) is 0 Å². The Morgan fingerprint density at radius 2 is 1.59 bits per heavy atom. The smallest absolute Gasteiger partial charge is 0.229 e. The number of aliphatic hydroxyl groups is 1. The van der Waals surface area contributed by atoms with Crippen LogP contribution >= 0.6 is 0 Å². The quantitative estimate of drug-likeness (QED) is 0.241. The van der Waals surface area contributed by atoms with Crippen LogP contribution in [-0.4, -0.2) is 44.4 Å². The predicted molar refractivity (Wildman–Crippen MR) is 149 cm³/mol. The zero-order valence-electron chi connectivity index (χ0n) is 22.1. The zero-order valence-corrected chi connectivity index (χ0v) is 22.9. The minimum atomic E-state index is -3.38. The summed E-state index contributed by atoms with van der Waals surface area (Å²) < 4.78 is 52.7. The van der Waals surface area contributed by atoms with Crippen molar-refractivity contribution in [1.82, 2.24) is 10.6 Å². The first-order chi connectivity index (χ1) is 18.5. The molecular weight excluding hydrogens is 524 g/mol. The topological polar surface area (TPSA) is 108 Å². The Kier molecular flexibility index (Phi) is 11.0. The number of hydrogen-bond acceptors (Lipinski definition) is 5. The van der Waals surface area contributed by atoms with Crippen molar-refractivity contribution in [3.05, 3.63) is 101 Å². The molecule has 2 atom stereocenters. The molecule has 3 rings (SSSR count).